The Kier molecular flexibility index (Phi) is 57.4. The molecule has 0 radical (unpaired) electrons. The number of hydrogen-bond acceptors (Lipinski definition) is 5. The largest absolute Gasteiger partial charge is 0.462 e. The van der Waals surface area contributed by atoms with Crippen LogP contribution in [-0.2, 0) is 19.1 Å². The number of carbonyl (C=O) groups excluding carboxylic acids is 2. The number of esters is 2. The Morgan fingerprint density at radius 3 is 0.929 bits per heavy atom. The van der Waals surface area contributed by atoms with E-state index in [2.05, 4.69) is 111 Å². The van der Waals surface area contributed by atoms with Crippen molar-refractivity contribution in [3.8, 4) is 0 Å². The van der Waals surface area contributed by atoms with Crippen LogP contribution in [0.2, 0.25) is 0 Å². The highest BCUT2D eigenvalue weighted by Gasteiger charge is 2.16. The molecule has 1 N–H and O–H groups in total. The molecule has 0 aromatic carbocycles. The smallest absolute Gasteiger partial charge is 0.306 e. The lowest BCUT2D eigenvalue weighted by atomic mass is 10.0. The van der Waals surface area contributed by atoms with E-state index in [4.69, 9.17) is 9.47 Å². The molecule has 0 saturated carbocycles. The summed E-state index contributed by atoms with van der Waals surface area (Å²) in [6, 6.07) is 0. The Bertz CT molecular complexity index is 1330. The molecule has 1 unspecified atom stereocenters. The molecule has 0 bridgehead atoms. The van der Waals surface area contributed by atoms with Gasteiger partial charge in [0.25, 0.3) is 0 Å². The minimum atomic E-state index is -0.776. The summed E-state index contributed by atoms with van der Waals surface area (Å²) < 4.78 is 10.7. The first-order valence-electron chi connectivity index (χ1n) is 29.8. The van der Waals surface area contributed by atoms with Gasteiger partial charge in [-0.15, -0.1) is 0 Å². The zero-order chi connectivity index (χ0) is 50.6. The van der Waals surface area contributed by atoms with Crippen molar-refractivity contribution in [3.63, 3.8) is 0 Å². The van der Waals surface area contributed by atoms with Gasteiger partial charge in [0.15, 0.2) is 6.10 Å². The lowest BCUT2D eigenvalue weighted by Crippen LogP contribution is -2.28. The number of carbonyl (C=O) groups is 2. The lowest BCUT2D eigenvalue weighted by molar-refractivity contribution is -0.161. The van der Waals surface area contributed by atoms with Crippen molar-refractivity contribution in [1.82, 2.24) is 0 Å². The van der Waals surface area contributed by atoms with Crippen molar-refractivity contribution < 1.29 is 24.2 Å². The van der Waals surface area contributed by atoms with Gasteiger partial charge in [0, 0.05) is 12.8 Å². The van der Waals surface area contributed by atoms with E-state index in [0.717, 1.165) is 89.9 Å². The predicted molar refractivity (Wildman–Crippen MR) is 306 cm³/mol. The van der Waals surface area contributed by atoms with E-state index >= 15 is 0 Å². The highest BCUT2D eigenvalue weighted by molar-refractivity contribution is 5.70. The zero-order valence-electron chi connectivity index (χ0n) is 46.0. The first-order valence-corrected chi connectivity index (χ1v) is 29.8. The van der Waals surface area contributed by atoms with E-state index in [1.165, 1.54) is 167 Å². The summed E-state index contributed by atoms with van der Waals surface area (Å²) >= 11 is 0. The van der Waals surface area contributed by atoms with Gasteiger partial charge in [0.05, 0.1) is 6.61 Å². The van der Waals surface area contributed by atoms with Gasteiger partial charge in [-0.05, 0) is 77.0 Å². The molecule has 5 heteroatoms. The van der Waals surface area contributed by atoms with Crippen LogP contribution >= 0.6 is 0 Å². The van der Waals surface area contributed by atoms with Crippen molar-refractivity contribution in [1.29, 1.82) is 0 Å². The first kappa shape index (κ1) is 66.8. The maximum Gasteiger partial charge on any atom is 0.306 e. The molecule has 0 aliphatic carbocycles. The molecule has 70 heavy (non-hydrogen) atoms. The molecule has 0 aromatic heterocycles. The molecular formula is C65H112O5. The van der Waals surface area contributed by atoms with Crippen LogP contribution in [0, 0.1) is 0 Å². The minimum Gasteiger partial charge on any atom is -0.462 e. The van der Waals surface area contributed by atoms with Gasteiger partial charge in [-0.2, -0.15) is 0 Å². The van der Waals surface area contributed by atoms with Crippen molar-refractivity contribution in [2.75, 3.05) is 13.2 Å². The quantitative estimate of drug-likeness (QED) is 0.0373. The van der Waals surface area contributed by atoms with Crippen LogP contribution in [0.1, 0.15) is 284 Å². The standard InChI is InChI=1S/C65H112O5/c1-3-5-7-9-11-13-15-17-19-21-23-24-25-26-27-28-29-30-31-32-33-34-35-36-37-38-39-40-42-44-46-48-50-52-54-56-58-60-65(68)70-63(61-66)62-69-64(67)59-57-55-53-51-49-47-45-43-41-22-20-18-16-14-12-10-8-6-4-2/h5,7,11,13,17,19,23-24,26-27,29-30,32-33,35-36,63,66H,3-4,6,8-10,12,14-16,18,20-22,25,28,31,34,37-62H2,1-2H3/b7-5-,13-11-,19-17-,24-23-,27-26-,30-29-,33-32-,36-35-. The van der Waals surface area contributed by atoms with Crippen molar-refractivity contribution in [2.45, 2.75) is 290 Å². The summed E-state index contributed by atoms with van der Waals surface area (Å²) in [4.78, 5) is 24.5. The van der Waals surface area contributed by atoms with Gasteiger partial charge in [0.1, 0.15) is 6.61 Å². The molecule has 0 aliphatic heterocycles. The van der Waals surface area contributed by atoms with Crippen LogP contribution in [0.4, 0.5) is 0 Å². The summed E-state index contributed by atoms with van der Waals surface area (Å²) in [5, 5.41) is 9.66. The summed E-state index contributed by atoms with van der Waals surface area (Å²) in [7, 11) is 0. The van der Waals surface area contributed by atoms with Gasteiger partial charge in [-0.3, -0.25) is 9.59 Å². The Morgan fingerprint density at radius 2 is 0.614 bits per heavy atom. The zero-order valence-corrected chi connectivity index (χ0v) is 46.0. The van der Waals surface area contributed by atoms with Crippen LogP contribution in [0.5, 0.6) is 0 Å². The van der Waals surface area contributed by atoms with Crippen LogP contribution in [0.3, 0.4) is 0 Å². The Hall–Kier alpha value is -3.18. The predicted octanol–water partition coefficient (Wildman–Crippen LogP) is 20.3. The van der Waals surface area contributed by atoms with Gasteiger partial charge in [-0.25, -0.2) is 0 Å². The highest BCUT2D eigenvalue weighted by Crippen LogP contribution is 2.17. The maximum absolute atomic E-state index is 12.3. The molecule has 0 aliphatic rings. The average Bonchev–Trinajstić information content (AvgIpc) is 3.36. The second-order valence-corrected chi connectivity index (χ2v) is 19.7. The van der Waals surface area contributed by atoms with E-state index in [1.807, 2.05) is 0 Å². The minimum absolute atomic E-state index is 0.0662. The number of aliphatic hydroxyl groups excluding tert-OH is 1. The fraction of sp³-hybridized carbons (Fsp3) is 0.723. The fourth-order valence-corrected chi connectivity index (χ4v) is 8.46. The maximum atomic E-state index is 12.3. The fourth-order valence-electron chi connectivity index (χ4n) is 8.46. The second kappa shape index (κ2) is 60.1. The van der Waals surface area contributed by atoms with Crippen molar-refractivity contribution >= 4 is 11.9 Å². The molecule has 0 aromatic rings. The normalized spacial score (nSPS) is 12.9. The first-order chi connectivity index (χ1) is 34.6. The second-order valence-electron chi connectivity index (χ2n) is 19.7. The molecule has 402 valence electrons. The molecular weight excluding hydrogens is 861 g/mol. The van der Waals surface area contributed by atoms with E-state index < -0.39 is 6.10 Å². The molecule has 0 rings (SSSR count). The highest BCUT2D eigenvalue weighted by atomic mass is 16.6. The topological polar surface area (TPSA) is 72.8 Å². The van der Waals surface area contributed by atoms with Crippen LogP contribution < -0.4 is 0 Å². The summed E-state index contributed by atoms with van der Waals surface area (Å²) in [6.07, 6.45) is 85.3. The van der Waals surface area contributed by atoms with Crippen LogP contribution in [0.15, 0.2) is 97.2 Å². The molecule has 0 spiro atoms. The Balaban J connectivity index is 3.52. The van der Waals surface area contributed by atoms with Gasteiger partial charge >= 0.3 is 11.9 Å². The average molecular weight is 974 g/mol. The Labute approximate surface area is 434 Å². The molecule has 0 saturated heterocycles. The number of aliphatic hydroxyl groups is 1. The monoisotopic (exact) mass is 973 g/mol. The van der Waals surface area contributed by atoms with Gasteiger partial charge in [-0.1, -0.05) is 291 Å². The number of rotatable bonds is 54. The SMILES string of the molecule is CC/C=C\C/C=C\C/C=C\C/C=C\C/C=C\C/C=C\C/C=C\C/C=C\CCCCCCCCCCCCCCC(=O)OC(CO)COC(=O)CCCCCCCCCCCCCCCCCCCCC. The third-order valence-electron chi connectivity index (χ3n) is 12.9. The summed E-state index contributed by atoms with van der Waals surface area (Å²) in [5.41, 5.74) is 0. The van der Waals surface area contributed by atoms with Crippen molar-refractivity contribution in [2.24, 2.45) is 0 Å². The molecule has 0 heterocycles. The molecule has 1 atom stereocenters. The molecule has 0 fully saturated rings. The number of ether oxygens (including phenoxy) is 2. The summed E-state index contributed by atoms with van der Waals surface area (Å²) in [6.45, 7) is 4.05. The van der Waals surface area contributed by atoms with Crippen LogP contribution in [-0.4, -0.2) is 36.4 Å². The van der Waals surface area contributed by atoms with Crippen LogP contribution in [0.25, 0.3) is 0 Å². The van der Waals surface area contributed by atoms with E-state index in [0.29, 0.717) is 12.8 Å². The van der Waals surface area contributed by atoms with Gasteiger partial charge < -0.3 is 14.6 Å². The Morgan fingerprint density at radius 1 is 0.343 bits per heavy atom. The van der Waals surface area contributed by atoms with E-state index in [1.54, 1.807) is 0 Å². The van der Waals surface area contributed by atoms with E-state index in [9.17, 15) is 14.7 Å². The molecule has 0 amide bonds. The lowest BCUT2D eigenvalue weighted by Gasteiger charge is -2.15. The number of unbranched alkanes of at least 4 members (excludes halogenated alkanes) is 30. The molecule has 5 nitrogen and oxygen atoms in total. The third-order valence-corrected chi connectivity index (χ3v) is 12.9. The number of allylic oxidation sites excluding steroid dienone is 16. The van der Waals surface area contributed by atoms with Crippen molar-refractivity contribution in [3.05, 3.63) is 97.2 Å². The third kappa shape index (κ3) is 57.4. The number of hydrogen-bond donors (Lipinski definition) is 1. The summed E-state index contributed by atoms with van der Waals surface area (Å²) in [5.74, 6) is -0.584. The van der Waals surface area contributed by atoms with Gasteiger partial charge in [0.2, 0.25) is 0 Å². The van der Waals surface area contributed by atoms with E-state index in [-0.39, 0.29) is 25.2 Å².